The lowest BCUT2D eigenvalue weighted by Crippen LogP contribution is -2.18. The number of nitrogens with two attached hydrogens (primary N) is 1. The molecule has 3 rings (SSSR count). The maximum Gasteiger partial charge on any atom is 0.573 e. The second kappa shape index (κ2) is 7.03. The van der Waals surface area contributed by atoms with Gasteiger partial charge in [0.2, 0.25) is 5.91 Å². The van der Waals surface area contributed by atoms with Crippen LogP contribution in [-0.2, 0) is 7.05 Å². The van der Waals surface area contributed by atoms with Crippen LogP contribution in [0.15, 0.2) is 46.9 Å². The molecule has 0 aliphatic rings. The number of aromatic nitrogens is 3. The van der Waals surface area contributed by atoms with E-state index in [2.05, 4.69) is 30.7 Å². The molecule has 0 saturated carbocycles. The van der Waals surface area contributed by atoms with E-state index in [1.54, 1.807) is 31.3 Å². The van der Waals surface area contributed by atoms with E-state index < -0.39 is 18.0 Å². The molecule has 0 unspecified atom stereocenters. The predicted octanol–water partition coefficient (Wildman–Crippen LogP) is 3.91. The maximum atomic E-state index is 12.5. The van der Waals surface area contributed by atoms with Gasteiger partial charge in [-0.3, -0.25) is 4.79 Å². The molecule has 0 aliphatic carbocycles. The Morgan fingerprint density at radius 2 is 1.85 bits per heavy atom. The van der Waals surface area contributed by atoms with E-state index in [0.717, 1.165) is 22.7 Å². The van der Waals surface area contributed by atoms with Crippen molar-refractivity contribution in [3.8, 4) is 28.5 Å². The quantitative estimate of drug-likeness (QED) is 0.666. The van der Waals surface area contributed by atoms with Crippen LogP contribution in [0.2, 0.25) is 0 Å². The van der Waals surface area contributed by atoms with Gasteiger partial charge in [0.05, 0.1) is 5.56 Å². The molecule has 140 valence electrons. The highest BCUT2D eigenvalue weighted by Gasteiger charge is 2.31. The topological polar surface area (TPSA) is 83.0 Å². The monoisotopic (exact) mass is 440 g/mol. The number of halogens is 4. The molecule has 1 aromatic heterocycles. The van der Waals surface area contributed by atoms with Crippen molar-refractivity contribution in [3.63, 3.8) is 0 Å². The Labute approximate surface area is 159 Å². The number of hydrogen-bond donors (Lipinski definition) is 1. The van der Waals surface area contributed by atoms with Gasteiger partial charge in [-0.2, -0.15) is 5.10 Å². The normalized spacial score (nSPS) is 11.4. The summed E-state index contributed by atoms with van der Waals surface area (Å²) in [4.78, 5) is 16.1. The number of carbonyl (C=O) groups is 1. The van der Waals surface area contributed by atoms with E-state index in [-0.39, 0.29) is 17.0 Å². The number of rotatable bonds is 4. The minimum atomic E-state index is -4.87. The number of aryl methyl sites for hydroxylation is 1. The van der Waals surface area contributed by atoms with Crippen molar-refractivity contribution in [2.75, 3.05) is 0 Å². The number of alkyl halides is 3. The zero-order valence-electron chi connectivity index (χ0n) is 13.8. The molecule has 27 heavy (non-hydrogen) atoms. The Morgan fingerprint density at radius 1 is 1.19 bits per heavy atom. The number of benzene rings is 2. The van der Waals surface area contributed by atoms with Crippen LogP contribution in [0.3, 0.4) is 0 Å². The van der Waals surface area contributed by atoms with Gasteiger partial charge in [-0.25, -0.2) is 9.67 Å². The van der Waals surface area contributed by atoms with Crippen LogP contribution in [0.4, 0.5) is 13.2 Å². The number of hydrogen-bond acceptors (Lipinski definition) is 4. The molecule has 0 bridgehead atoms. The lowest BCUT2D eigenvalue weighted by atomic mass is 10.1. The maximum absolute atomic E-state index is 12.5. The highest BCUT2D eigenvalue weighted by Crippen LogP contribution is 2.31. The third-order valence-corrected chi connectivity index (χ3v) is 4.13. The van der Waals surface area contributed by atoms with Crippen molar-refractivity contribution >= 4 is 21.8 Å². The van der Waals surface area contributed by atoms with Gasteiger partial charge < -0.3 is 10.5 Å². The van der Waals surface area contributed by atoms with E-state index in [1.165, 1.54) is 4.68 Å². The summed E-state index contributed by atoms with van der Waals surface area (Å²) in [5, 5.41) is 4.27. The van der Waals surface area contributed by atoms with Gasteiger partial charge in [-0.1, -0.05) is 28.1 Å². The SMILES string of the molecule is Cn1nc(-c2ccc(Br)cc2)nc1-c1cc(OC(F)(F)F)ccc1C(N)=O. The molecule has 0 aliphatic heterocycles. The summed E-state index contributed by atoms with van der Waals surface area (Å²) in [6, 6.07) is 10.4. The second-order valence-electron chi connectivity index (χ2n) is 5.51. The Morgan fingerprint density at radius 3 is 2.44 bits per heavy atom. The third kappa shape index (κ3) is 4.27. The van der Waals surface area contributed by atoms with Crippen LogP contribution in [0, 0.1) is 0 Å². The van der Waals surface area contributed by atoms with Crippen molar-refractivity contribution in [1.29, 1.82) is 0 Å². The number of carbonyl (C=O) groups excluding carboxylic acids is 1. The summed E-state index contributed by atoms with van der Waals surface area (Å²) in [7, 11) is 1.56. The van der Waals surface area contributed by atoms with Gasteiger partial charge >= 0.3 is 6.36 Å². The molecular formula is C17H12BrF3N4O2. The first kappa shape index (κ1) is 18.9. The van der Waals surface area contributed by atoms with Gasteiger partial charge in [0.1, 0.15) is 5.75 Å². The van der Waals surface area contributed by atoms with E-state index >= 15 is 0 Å². The van der Waals surface area contributed by atoms with Crippen LogP contribution in [0.25, 0.3) is 22.8 Å². The number of ether oxygens (including phenoxy) is 1. The average molecular weight is 441 g/mol. The van der Waals surface area contributed by atoms with Gasteiger partial charge in [-0.05, 0) is 30.3 Å². The number of nitrogens with zero attached hydrogens (tertiary/aromatic N) is 3. The van der Waals surface area contributed by atoms with Crippen molar-refractivity contribution in [2.24, 2.45) is 12.8 Å². The zero-order valence-corrected chi connectivity index (χ0v) is 15.4. The Balaban J connectivity index is 2.10. The molecule has 2 N–H and O–H groups in total. The van der Waals surface area contributed by atoms with Crippen molar-refractivity contribution in [2.45, 2.75) is 6.36 Å². The highest BCUT2D eigenvalue weighted by molar-refractivity contribution is 9.10. The first-order valence-corrected chi connectivity index (χ1v) is 8.30. The Hall–Kier alpha value is -2.88. The first-order chi connectivity index (χ1) is 12.6. The highest BCUT2D eigenvalue weighted by atomic mass is 79.9. The summed E-state index contributed by atoms with van der Waals surface area (Å²) in [5.74, 6) is -0.778. The summed E-state index contributed by atoms with van der Waals surface area (Å²) in [5.41, 5.74) is 6.13. The van der Waals surface area contributed by atoms with Gasteiger partial charge in [0, 0.05) is 22.6 Å². The van der Waals surface area contributed by atoms with Crippen LogP contribution in [0.5, 0.6) is 5.75 Å². The van der Waals surface area contributed by atoms with Crippen LogP contribution in [-0.4, -0.2) is 27.0 Å². The molecule has 0 atom stereocenters. The van der Waals surface area contributed by atoms with Crippen LogP contribution in [0.1, 0.15) is 10.4 Å². The molecule has 10 heteroatoms. The van der Waals surface area contributed by atoms with Crippen molar-refractivity contribution in [1.82, 2.24) is 14.8 Å². The van der Waals surface area contributed by atoms with Gasteiger partial charge in [0.15, 0.2) is 11.6 Å². The standard InChI is InChI=1S/C17H12BrF3N4O2/c1-25-16(23-15(24-25)9-2-4-10(18)5-3-9)13-8-11(27-17(19,20)21)6-7-12(13)14(22)26/h2-8H,1H3,(H2,22,26). The third-order valence-electron chi connectivity index (χ3n) is 3.60. The lowest BCUT2D eigenvalue weighted by molar-refractivity contribution is -0.274. The molecule has 3 aromatic rings. The van der Waals surface area contributed by atoms with E-state index in [4.69, 9.17) is 5.73 Å². The lowest BCUT2D eigenvalue weighted by Gasteiger charge is -2.12. The first-order valence-electron chi connectivity index (χ1n) is 7.51. The second-order valence-corrected chi connectivity index (χ2v) is 6.42. The molecule has 6 nitrogen and oxygen atoms in total. The summed E-state index contributed by atoms with van der Waals surface area (Å²) >= 11 is 3.33. The minimum Gasteiger partial charge on any atom is -0.406 e. The fraction of sp³-hybridized carbons (Fsp3) is 0.118. The zero-order chi connectivity index (χ0) is 19.8. The molecule has 0 radical (unpaired) electrons. The number of amides is 1. The molecule has 0 spiro atoms. The molecule has 0 saturated heterocycles. The summed E-state index contributed by atoms with van der Waals surface area (Å²) in [6.07, 6.45) is -4.87. The fourth-order valence-corrected chi connectivity index (χ4v) is 2.72. The van der Waals surface area contributed by atoms with Crippen LogP contribution >= 0.6 is 15.9 Å². The van der Waals surface area contributed by atoms with Crippen LogP contribution < -0.4 is 10.5 Å². The molecule has 1 amide bonds. The number of primary amides is 1. The summed E-state index contributed by atoms with van der Waals surface area (Å²) in [6.45, 7) is 0. The summed E-state index contributed by atoms with van der Waals surface area (Å²) < 4.78 is 43.7. The van der Waals surface area contributed by atoms with E-state index in [0.29, 0.717) is 11.4 Å². The molecule has 1 heterocycles. The predicted molar refractivity (Wildman–Crippen MR) is 94.8 cm³/mol. The van der Waals surface area contributed by atoms with Gasteiger partial charge in [0.25, 0.3) is 0 Å². The Bertz CT molecular complexity index is 1000. The Kier molecular flexibility index (Phi) is 4.92. The molecule has 2 aromatic carbocycles. The van der Waals surface area contributed by atoms with Gasteiger partial charge in [-0.15, -0.1) is 13.2 Å². The van der Waals surface area contributed by atoms with E-state index in [9.17, 15) is 18.0 Å². The average Bonchev–Trinajstić information content (AvgIpc) is 2.95. The molecular weight excluding hydrogens is 429 g/mol. The molecule has 0 fully saturated rings. The van der Waals surface area contributed by atoms with Crippen molar-refractivity contribution in [3.05, 3.63) is 52.5 Å². The largest absolute Gasteiger partial charge is 0.573 e. The van der Waals surface area contributed by atoms with Crippen molar-refractivity contribution < 1.29 is 22.7 Å². The fourth-order valence-electron chi connectivity index (χ4n) is 2.46. The minimum absolute atomic E-state index is 0.00220. The van der Waals surface area contributed by atoms with E-state index in [1.807, 2.05) is 0 Å². The smallest absolute Gasteiger partial charge is 0.406 e.